The van der Waals surface area contributed by atoms with Crippen LogP contribution in [0.4, 0.5) is 0 Å². The first-order valence-electron chi connectivity index (χ1n) is 12.1. The van der Waals surface area contributed by atoms with Gasteiger partial charge in [-0.3, -0.25) is 33.6 Å². The molecule has 0 aromatic heterocycles. The highest BCUT2D eigenvalue weighted by Crippen LogP contribution is 2.11. The van der Waals surface area contributed by atoms with Gasteiger partial charge >= 0.3 is 0 Å². The smallest absolute Gasteiger partial charge is 0.253 e. The number of amides is 2. The molecule has 0 radical (unpaired) electrons. The molecule has 10 nitrogen and oxygen atoms in total. The van der Waals surface area contributed by atoms with E-state index in [1.165, 1.54) is 7.05 Å². The lowest BCUT2D eigenvalue weighted by Gasteiger charge is -2.21. The monoisotopic (exact) mass is 546 g/mol. The second-order valence-corrected chi connectivity index (χ2v) is 8.45. The van der Waals surface area contributed by atoms with Gasteiger partial charge in [-0.1, -0.05) is 73.9 Å². The number of allylic oxidation sites excluding steroid dienone is 2. The lowest BCUT2D eigenvalue weighted by Crippen LogP contribution is -2.51. The third-order valence-electron chi connectivity index (χ3n) is 5.06. The molecule has 0 bridgehead atoms. The van der Waals surface area contributed by atoms with Crippen LogP contribution in [0.1, 0.15) is 24.8 Å². The third-order valence-corrected chi connectivity index (χ3v) is 5.64. The number of carbonyl (C=O) groups excluding carboxylic acids is 2. The van der Waals surface area contributed by atoms with Gasteiger partial charge in [0, 0.05) is 19.2 Å². The van der Waals surface area contributed by atoms with Crippen LogP contribution in [-0.4, -0.2) is 66.9 Å². The summed E-state index contributed by atoms with van der Waals surface area (Å²) < 4.78 is 10.5. The topological polar surface area (TPSA) is 142 Å². The third kappa shape index (κ3) is 13.9. The molecule has 0 saturated heterocycles. The summed E-state index contributed by atoms with van der Waals surface area (Å²) in [5, 5.41) is 24.1. The molecule has 1 aromatic carbocycles. The molecule has 0 aliphatic rings. The zero-order valence-electron chi connectivity index (χ0n) is 21.7. The van der Waals surface area contributed by atoms with E-state index in [0.717, 1.165) is 5.56 Å². The van der Waals surface area contributed by atoms with Gasteiger partial charge < -0.3 is 15.7 Å². The Labute approximate surface area is 229 Å². The Morgan fingerprint density at radius 1 is 1.18 bits per heavy atom. The van der Waals surface area contributed by atoms with Crippen molar-refractivity contribution in [3.63, 3.8) is 0 Å². The molecule has 1 aromatic rings. The van der Waals surface area contributed by atoms with E-state index >= 15 is 0 Å². The fraction of sp³-hybridized carbons (Fsp3) is 0.370. The molecule has 208 valence electrons. The number of nitrogens with zero attached hydrogens (tertiary/aromatic N) is 1. The molecule has 0 spiro atoms. The number of carbonyl (C=O) groups is 2. The highest BCUT2D eigenvalue weighted by Gasteiger charge is 2.26. The van der Waals surface area contributed by atoms with E-state index in [2.05, 4.69) is 28.8 Å². The second-order valence-electron chi connectivity index (χ2n) is 7.89. The summed E-state index contributed by atoms with van der Waals surface area (Å²) in [7, 11) is 1.52. The van der Waals surface area contributed by atoms with Gasteiger partial charge in [-0.05, 0) is 31.2 Å². The van der Waals surface area contributed by atoms with Gasteiger partial charge in [-0.2, -0.15) is 0 Å². The van der Waals surface area contributed by atoms with Crippen molar-refractivity contribution >= 4 is 30.0 Å². The van der Waals surface area contributed by atoms with Gasteiger partial charge in [-0.25, -0.2) is 0 Å². The number of hydrogen-bond acceptors (Lipinski definition) is 8. The van der Waals surface area contributed by atoms with Crippen LogP contribution in [0.3, 0.4) is 0 Å². The van der Waals surface area contributed by atoms with Crippen LogP contribution >= 0.6 is 12.3 Å². The Bertz CT molecular complexity index is 952. The van der Waals surface area contributed by atoms with Crippen LogP contribution in [0.25, 0.3) is 0 Å². The number of hydroxylamine groups is 1. The minimum atomic E-state index is -1.21. The highest BCUT2D eigenvalue weighted by atomic mass is 32.2. The van der Waals surface area contributed by atoms with E-state index in [1.807, 2.05) is 41.9 Å². The van der Waals surface area contributed by atoms with Gasteiger partial charge in [0.05, 0.1) is 13.2 Å². The van der Waals surface area contributed by atoms with Gasteiger partial charge in [-0.15, -0.1) is 0 Å². The molecule has 0 aliphatic carbocycles. The lowest BCUT2D eigenvalue weighted by atomic mass is 10.0. The van der Waals surface area contributed by atoms with E-state index in [4.69, 9.17) is 13.6 Å². The van der Waals surface area contributed by atoms with Crippen molar-refractivity contribution in [2.75, 3.05) is 26.8 Å². The molecule has 11 heteroatoms. The van der Waals surface area contributed by atoms with E-state index < -0.39 is 24.7 Å². The quantitative estimate of drug-likeness (QED) is 0.0445. The van der Waals surface area contributed by atoms with Crippen LogP contribution in [0, 0.1) is 0 Å². The number of rotatable bonds is 19. The minimum absolute atomic E-state index is 0.239. The molecule has 2 atom stereocenters. The van der Waals surface area contributed by atoms with Crippen molar-refractivity contribution in [2.24, 2.45) is 4.99 Å². The first kappa shape index (κ1) is 32.8. The summed E-state index contributed by atoms with van der Waals surface area (Å²) in [6.45, 7) is 7.45. The van der Waals surface area contributed by atoms with E-state index in [-0.39, 0.29) is 11.7 Å². The molecule has 38 heavy (non-hydrogen) atoms. The summed E-state index contributed by atoms with van der Waals surface area (Å²) >= 11 is 0.620. The predicted octanol–water partition coefficient (Wildman–Crippen LogP) is 2.82. The second kappa shape index (κ2) is 20.8. The molecule has 1 rings (SSSR count). The van der Waals surface area contributed by atoms with Gasteiger partial charge in [0.2, 0.25) is 5.91 Å². The van der Waals surface area contributed by atoms with Crippen LogP contribution in [0.15, 0.2) is 84.4 Å². The van der Waals surface area contributed by atoms with E-state index in [0.29, 0.717) is 56.7 Å². The average Bonchev–Trinajstić information content (AvgIpc) is 2.93. The van der Waals surface area contributed by atoms with Crippen molar-refractivity contribution in [2.45, 2.75) is 37.8 Å². The molecule has 5 N–H and O–H groups in total. The molecule has 2 amide bonds. The van der Waals surface area contributed by atoms with Crippen LogP contribution in [0.2, 0.25) is 0 Å². The number of nitrogens with one attached hydrogen (secondary N) is 3. The summed E-state index contributed by atoms with van der Waals surface area (Å²) in [6, 6.07) is 8.77. The summed E-state index contributed by atoms with van der Waals surface area (Å²) in [5.41, 5.74) is 3.47. The molecule has 0 saturated carbocycles. The van der Waals surface area contributed by atoms with Crippen molar-refractivity contribution in [1.29, 1.82) is 0 Å². The van der Waals surface area contributed by atoms with E-state index in [9.17, 15) is 14.7 Å². The SMILES string of the molecule is C=C/C=C\CCOSOC(CO)C(=O)NC(CCc1ccccc1)C(=O)NCC/C=C\C(=C)C(=NC)NO. The van der Waals surface area contributed by atoms with Crippen LogP contribution in [0.5, 0.6) is 0 Å². The van der Waals surface area contributed by atoms with Crippen molar-refractivity contribution in [3.05, 3.63) is 85.0 Å². The molecular formula is C27H38N4O6S. The normalized spacial score (nSPS) is 13.3. The first-order valence-corrected chi connectivity index (χ1v) is 12.8. The number of benzene rings is 1. The predicted molar refractivity (Wildman–Crippen MR) is 150 cm³/mol. The van der Waals surface area contributed by atoms with Crippen molar-refractivity contribution in [1.82, 2.24) is 16.1 Å². The van der Waals surface area contributed by atoms with Crippen molar-refractivity contribution in [3.8, 4) is 0 Å². The summed E-state index contributed by atoms with van der Waals surface area (Å²) in [4.78, 5) is 29.5. The molecule has 0 heterocycles. The minimum Gasteiger partial charge on any atom is -0.393 e. The van der Waals surface area contributed by atoms with E-state index in [1.54, 1.807) is 24.3 Å². The number of hydrogen-bond donors (Lipinski definition) is 5. The van der Waals surface area contributed by atoms with Crippen LogP contribution in [-0.2, 0) is 24.4 Å². The van der Waals surface area contributed by atoms with Crippen molar-refractivity contribution < 1.29 is 28.3 Å². The zero-order valence-corrected chi connectivity index (χ0v) is 22.5. The molecular weight excluding hydrogens is 508 g/mol. The Morgan fingerprint density at radius 2 is 1.95 bits per heavy atom. The number of aliphatic hydroxyl groups excluding tert-OH is 1. The number of aliphatic hydroxyl groups is 1. The highest BCUT2D eigenvalue weighted by molar-refractivity contribution is 7.89. The van der Waals surface area contributed by atoms with Gasteiger partial charge in [0.25, 0.3) is 5.91 Å². The largest absolute Gasteiger partial charge is 0.393 e. The Hall–Kier alpha value is -3.22. The Balaban J connectivity index is 2.67. The maximum atomic E-state index is 12.9. The maximum Gasteiger partial charge on any atom is 0.253 e. The summed E-state index contributed by atoms with van der Waals surface area (Å²) in [6.07, 6.45) is 9.60. The molecule has 2 unspecified atom stereocenters. The fourth-order valence-corrected chi connectivity index (χ4v) is 3.50. The first-order chi connectivity index (χ1) is 18.5. The van der Waals surface area contributed by atoms with Gasteiger partial charge in [0.15, 0.2) is 24.3 Å². The zero-order chi connectivity index (χ0) is 28.0. The lowest BCUT2D eigenvalue weighted by molar-refractivity contribution is -0.134. The Kier molecular flexibility index (Phi) is 18.0. The fourth-order valence-electron chi connectivity index (χ4n) is 3.04. The van der Waals surface area contributed by atoms with Crippen LogP contribution < -0.4 is 16.1 Å². The number of aryl methyl sites for hydroxylation is 1. The number of amidine groups is 1. The van der Waals surface area contributed by atoms with Gasteiger partial charge in [0.1, 0.15) is 6.04 Å². The summed E-state index contributed by atoms with van der Waals surface area (Å²) in [5.74, 6) is -0.742. The molecule has 0 fully saturated rings. The Morgan fingerprint density at radius 3 is 2.61 bits per heavy atom. The average molecular weight is 547 g/mol. The molecule has 0 aliphatic heterocycles. The standard InChI is InChI=1S/C27H38N4O6S/c1-4-5-6-12-19-36-38-37-24(20-32)27(34)30-23(17-16-22-14-8-7-9-15-22)26(33)29-18-11-10-13-21(2)25(28-3)31-35/h4-10,13-15,23-24,32,35H,1-2,11-12,16-20H2,3H3,(H,28,31)(H,29,33)(H,30,34)/b6-5-,13-10-. The maximum absolute atomic E-state index is 12.9. The number of aliphatic imine (C=N–C) groups is 1.